The minimum absolute atomic E-state index is 0.0385. The second-order valence-electron chi connectivity index (χ2n) is 5.62. The van der Waals surface area contributed by atoms with E-state index in [0.717, 1.165) is 12.1 Å². The van der Waals surface area contributed by atoms with Crippen molar-refractivity contribution < 1.29 is 9.66 Å². The van der Waals surface area contributed by atoms with Crippen molar-refractivity contribution in [3.05, 3.63) is 58.1 Å². The largest absolute Gasteiger partial charge is 0.494 e. The maximum absolute atomic E-state index is 10.9. The first-order chi connectivity index (χ1) is 12.0. The molecule has 132 valence electrons. The fourth-order valence-electron chi connectivity index (χ4n) is 2.43. The van der Waals surface area contributed by atoms with Gasteiger partial charge < -0.3 is 15.4 Å². The molecule has 0 saturated heterocycles. The first-order valence-electron chi connectivity index (χ1n) is 7.95. The highest BCUT2D eigenvalue weighted by Gasteiger charge is 2.13. The van der Waals surface area contributed by atoms with Crippen molar-refractivity contribution >= 4 is 34.4 Å². The number of hydrogen-bond donors (Lipinski definition) is 2. The molecule has 0 aliphatic carbocycles. The number of thiocarbonyl (C=S) groups is 1. The van der Waals surface area contributed by atoms with Gasteiger partial charge in [-0.1, -0.05) is 32.0 Å². The summed E-state index contributed by atoms with van der Waals surface area (Å²) < 4.78 is 5.21. The Morgan fingerprint density at radius 2 is 1.92 bits per heavy atom. The van der Waals surface area contributed by atoms with Crippen LogP contribution in [0.4, 0.5) is 17.1 Å². The predicted octanol–water partition coefficient (Wildman–Crippen LogP) is 4.93. The number of rotatable bonds is 6. The molecule has 2 N–H and O–H groups in total. The normalized spacial score (nSPS) is 11.5. The van der Waals surface area contributed by atoms with E-state index in [1.807, 2.05) is 18.2 Å². The molecule has 0 spiro atoms. The van der Waals surface area contributed by atoms with Crippen molar-refractivity contribution in [2.75, 3.05) is 17.7 Å². The number of nitro benzene ring substituents is 1. The maximum atomic E-state index is 10.9. The van der Waals surface area contributed by atoms with Crippen LogP contribution in [0.2, 0.25) is 0 Å². The van der Waals surface area contributed by atoms with E-state index in [2.05, 4.69) is 30.5 Å². The van der Waals surface area contributed by atoms with Crippen LogP contribution in [-0.4, -0.2) is 17.1 Å². The third kappa shape index (κ3) is 4.67. The van der Waals surface area contributed by atoms with Crippen LogP contribution in [-0.2, 0) is 0 Å². The van der Waals surface area contributed by atoms with E-state index in [1.54, 1.807) is 6.07 Å². The minimum Gasteiger partial charge on any atom is -0.494 e. The number of non-ortho nitro benzene ring substituents is 1. The SMILES string of the molecule is CCC(C)c1ccccc1NC(=S)Nc1ccc([N+](=O)[O-])cc1OC. The van der Waals surface area contributed by atoms with Gasteiger partial charge in [0.05, 0.1) is 23.8 Å². The quantitative estimate of drug-likeness (QED) is 0.433. The van der Waals surface area contributed by atoms with Crippen LogP contribution >= 0.6 is 12.2 Å². The number of para-hydroxylation sites is 1. The number of anilines is 2. The molecule has 0 heterocycles. The average Bonchev–Trinajstić information content (AvgIpc) is 2.61. The zero-order chi connectivity index (χ0) is 18.4. The van der Waals surface area contributed by atoms with Crippen LogP contribution in [0.15, 0.2) is 42.5 Å². The Bertz CT molecular complexity index is 780. The zero-order valence-electron chi connectivity index (χ0n) is 14.4. The van der Waals surface area contributed by atoms with Crippen LogP contribution in [0, 0.1) is 10.1 Å². The number of ether oxygens (including phenoxy) is 1. The van der Waals surface area contributed by atoms with Gasteiger partial charge in [-0.2, -0.15) is 0 Å². The lowest BCUT2D eigenvalue weighted by Gasteiger charge is -2.18. The van der Waals surface area contributed by atoms with Crippen molar-refractivity contribution in [1.82, 2.24) is 0 Å². The van der Waals surface area contributed by atoms with Gasteiger partial charge in [-0.15, -0.1) is 0 Å². The molecule has 0 fully saturated rings. The summed E-state index contributed by atoms with van der Waals surface area (Å²) in [5.41, 5.74) is 2.65. The first kappa shape index (κ1) is 18.7. The van der Waals surface area contributed by atoms with E-state index in [0.29, 0.717) is 22.5 Å². The number of benzene rings is 2. The zero-order valence-corrected chi connectivity index (χ0v) is 15.2. The van der Waals surface area contributed by atoms with E-state index >= 15 is 0 Å². The Morgan fingerprint density at radius 1 is 1.24 bits per heavy atom. The first-order valence-corrected chi connectivity index (χ1v) is 8.36. The fraction of sp³-hybridized carbons (Fsp3) is 0.278. The summed E-state index contributed by atoms with van der Waals surface area (Å²) in [5.74, 6) is 0.758. The molecule has 2 aromatic rings. The Morgan fingerprint density at radius 3 is 2.56 bits per heavy atom. The Hall–Kier alpha value is -2.67. The van der Waals surface area contributed by atoms with E-state index in [4.69, 9.17) is 17.0 Å². The number of methoxy groups -OCH3 is 1. The highest BCUT2D eigenvalue weighted by molar-refractivity contribution is 7.80. The summed E-state index contributed by atoms with van der Waals surface area (Å²) in [6, 6.07) is 12.3. The minimum atomic E-state index is -0.467. The summed E-state index contributed by atoms with van der Waals surface area (Å²) in [6.07, 6.45) is 1.02. The smallest absolute Gasteiger partial charge is 0.273 e. The van der Waals surface area contributed by atoms with Crippen LogP contribution in [0.1, 0.15) is 31.7 Å². The molecule has 6 nitrogen and oxygen atoms in total. The summed E-state index contributed by atoms with van der Waals surface area (Å²) in [7, 11) is 1.46. The molecule has 2 aromatic carbocycles. The van der Waals surface area contributed by atoms with Crippen LogP contribution in [0.25, 0.3) is 0 Å². The standard InChI is InChI=1S/C18H21N3O3S/c1-4-12(2)14-7-5-6-8-15(14)19-18(25)20-16-10-9-13(21(22)23)11-17(16)24-3/h5-12H,4H2,1-3H3,(H2,19,20,25). The fourth-order valence-corrected chi connectivity index (χ4v) is 2.65. The molecule has 0 saturated carbocycles. The van der Waals surface area contributed by atoms with E-state index in [9.17, 15) is 10.1 Å². The molecule has 0 amide bonds. The monoisotopic (exact) mass is 359 g/mol. The molecular weight excluding hydrogens is 338 g/mol. The van der Waals surface area contributed by atoms with Gasteiger partial charge in [0.2, 0.25) is 0 Å². The van der Waals surface area contributed by atoms with Gasteiger partial charge in [-0.3, -0.25) is 10.1 Å². The molecule has 0 bridgehead atoms. The van der Waals surface area contributed by atoms with Crippen molar-refractivity contribution in [1.29, 1.82) is 0 Å². The highest BCUT2D eigenvalue weighted by atomic mass is 32.1. The molecule has 0 aromatic heterocycles. The van der Waals surface area contributed by atoms with Crippen LogP contribution < -0.4 is 15.4 Å². The topological polar surface area (TPSA) is 76.4 Å². The lowest BCUT2D eigenvalue weighted by molar-refractivity contribution is -0.384. The van der Waals surface area contributed by atoms with Crippen molar-refractivity contribution in [2.24, 2.45) is 0 Å². The van der Waals surface area contributed by atoms with Gasteiger partial charge in [0.15, 0.2) is 5.11 Å². The van der Waals surface area contributed by atoms with Crippen molar-refractivity contribution in [3.8, 4) is 5.75 Å². The van der Waals surface area contributed by atoms with E-state index in [-0.39, 0.29) is 5.69 Å². The molecule has 2 rings (SSSR count). The molecule has 1 atom stereocenters. The molecule has 7 heteroatoms. The summed E-state index contributed by atoms with van der Waals surface area (Å²) >= 11 is 5.38. The second kappa shape index (κ2) is 8.43. The molecule has 1 unspecified atom stereocenters. The van der Waals surface area contributed by atoms with Crippen LogP contribution in [0.5, 0.6) is 5.75 Å². The van der Waals surface area contributed by atoms with Gasteiger partial charge in [0, 0.05) is 11.8 Å². The Kier molecular flexibility index (Phi) is 6.30. The lowest BCUT2D eigenvalue weighted by atomic mass is 9.97. The summed E-state index contributed by atoms with van der Waals surface area (Å²) in [5, 5.41) is 17.5. The number of nitrogens with one attached hydrogen (secondary N) is 2. The summed E-state index contributed by atoms with van der Waals surface area (Å²) in [6.45, 7) is 4.30. The van der Waals surface area contributed by atoms with Crippen molar-refractivity contribution in [3.63, 3.8) is 0 Å². The molecule has 0 aliphatic heterocycles. The number of nitrogens with zero attached hydrogens (tertiary/aromatic N) is 1. The van der Waals surface area contributed by atoms with E-state index in [1.165, 1.54) is 24.8 Å². The van der Waals surface area contributed by atoms with Gasteiger partial charge >= 0.3 is 0 Å². The van der Waals surface area contributed by atoms with E-state index < -0.39 is 4.92 Å². The Balaban J connectivity index is 2.17. The molecular formula is C18H21N3O3S. The number of hydrogen-bond acceptors (Lipinski definition) is 4. The third-order valence-electron chi connectivity index (χ3n) is 4.00. The lowest BCUT2D eigenvalue weighted by Crippen LogP contribution is -2.20. The van der Waals surface area contributed by atoms with Crippen LogP contribution in [0.3, 0.4) is 0 Å². The Labute approximate surface area is 152 Å². The van der Waals surface area contributed by atoms with Gasteiger partial charge in [-0.05, 0) is 42.3 Å². The maximum Gasteiger partial charge on any atom is 0.273 e. The average molecular weight is 359 g/mol. The predicted molar refractivity (Wildman–Crippen MR) is 105 cm³/mol. The van der Waals surface area contributed by atoms with Crippen molar-refractivity contribution in [2.45, 2.75) is 26.2 Å². The highest BCUT2D eigenvalue weighted by Crippen LogP contribution is 2.30. The molecule has 25 heavy (non-hydrogen) atoms. The van der Waals surface area contributed by atoms with Gasteiger partial charge in [0.1, 0.15) is 5.75 Å². The third-order valence-corrected chi connectivity index (χ3v) is 4.20. The molecule has 0 aliphatic rings. The molecule has 0 radical (unpaired) electrons. The second-order valence-corrected chi connectivity index (χ2v) is 6.03. The summed E-state index contributed by atoms with van der Waals surface area (Å²) in [4.78, 5) is 10.4. The van der Waals surface area contributed by atoms with Gasteiger partial charge in [-0.25, -0.2) is 0 Å². The number of nitro groups is 1. The van der Waals surface area contributed by atoms with Gasteiger partial charge in [0.25, 0.3) is 5.69 Å².